The maximum Gasteiger partial charge on any atom is 0.227 e. The van der Waals surface area contributed by atoms with Crippen LogP contribution in [0.4, 0.5) is 5.95 Å². The minimum absolute atomic E-state index is 0.0535. The fraction of sp³-hybridized carbons (Fsp3) is 0.647. The van der Waals surface area contributed by atoms with E-state index >= 15 is 0 Å². The van der Waals surface area contributed by atoms with Crippen molar-refractivity contribution in [2.24, 2.45) is 5.92 Å². The monoisotopic (exact) mass is 331 g/mol. The van der Waals surface area contributed by atoms with Gasteiger partial charge >= 0.3 is 0 Å². The molecule has 0 saturated carbocycles. The second-order valence-corrected chi connectivity index (χ2v) is 6.38. The highest BCUT2D eigenvalue weighted by atomic mass is 16.2. The van der Waals surface area contributed by atoms with Crippen LogP contribution in [0.3, 0.4) is 0 Å². The van der Waals surface area contributed by atoms with Crippen LogP contribution in [0, 0.1) is 5.92 Å². The van der Waals surface area contributed by atoms with Crippen molar-refractivity contribution in [1.29, 1.82) is 0 Å². The van der Waals surface area contributed by atoms with Gasteiger partial charge in [-0.3, -0.25) is 9.59 Å². The van der Waals surface area contributed by atoms with Crippen LogP contribution in [0.5, 0.6) is 0 Å². The largest absolute Gasteiger partial charge is 0.342 e. The van der Waals surface area contributed by atoms with Crippen molar-refractivity contribution in [1.82, 2.24) is 19.8 Å². The van der Waals surface area contributed by atoms with Crippen LogP contribution in [-0.2, 0) is 9.59 Å². The zero-order valence-electron chi connectivity index (χ0n) is 14.2. The molecule has 24 heavy (non-hydrogen) atoms. The number of anilines is 1. The summed E-state index contributed by atoms with van der Waals surface area (Å²) >= 11 is 0. The van der Waals surface area contributed by atoms with Gasteiger partial charge in [0, 0.05) is 58.1 Å². The molecule has 2 fully saturated rings. The topological polar surface area (TPSA) is 69.6 Å². The molecule has 3 rings (SSSR count). The van der Waals surface area contributed by atoms with Gasteiger partial charge in [0.2, 0.25) is 17.8 Å². The predicted molar refractivity (Wildman–Crippen MR) is 90.4 cm³/mol. The van der Waals surface area contributed by atoms with Crippen molar-refractivity contribution in [3.05, 3.63) is 18.5 Å². The standard InChI is InChI=1S/C17H25N5O2/c1-2-20-13-14(5-6-15(20)23)16(24)21-9-4-10-22(12-11-21)17-18-7-3-8-19-17/h3,7-8,14H,2,4-6,9-13H2,1H3/t14-/m0/s1. The summed E-state index contributed by atoms with van der Waals surface area (Å²) in [4.78, 5) is 39.2. The first-order valence-electron chi connectivity index (χ1n) is 8.77. The first-order chi connectivity index (χ1) is 11.7. The average molecular weight is 331 g/mol. The van der Waals surface area contributed by atoms with E-state index < -0.39 is 0 Å². The van der Waals surface area contributed by atoms with E-state index in [0.717, 1.165) is 32.0 Å². The molecule has 1 aromatic heterocycles. The molecule has 0 spiro atoms. The molecule has 130 valence electrons. The van der Waals surface area contributed by atoms with Crippen LogP contribution in [0.2, 0.25) is 0 Å². The molecule has 2 aliphatic rings. The Kier molecular flexibility index (Phi) is 5.27. The number of hydrogen-bond donors (Lipinski definition) is 0. The van der Waals surface area contributed by atoms with E-state index in [2.05, 4.69) is 14.9 Å². The van der Waals surface area contributed by atoms with Crippen LogP contribution in [-0.4, -0.2) is 70.9 Å². The summed E-state index contributed by atoms with van der Waals surface area (Å²) in [7, 11) is 0. The molecule has 0 N–H and O–H groups in total. The number of carbonyl (C=O) groups is 2. The molecule has 1 aromatic rings. The third-order valence-electron chi connectivity index (χ3n) is 4.87. The predicted octanol–water partition coefficient (Wildman–Crippen LogP) is 0.774. The number of aromatic nitrogens is 2. The molecule has 7 heteroatoms. The highest BCUT2D eigenvalue weighted by molar-refractivity contribution is 5.84. The zero-order valence-corrected chi connectivity index (χ0v) is 14.2. The maximum atomic E-state index is 12.9. The number of nitrogens with zero attached hydrogens (tertiary/aromatic N) is 5. The molecule has 7 nitrogen and oxygen atoms in total. The Morgan fingerprint density at radius 1 is 1.21 bits per heavy atom. The van der Waals surface area contributed by atoms with Crippen molar-refractivity contribution in [2.45, 2.75) is 26.2 Å². The van der Waals surface area contributed by atoms with Crippen molar-refractivity contribution in [3.63, 3.8) is 0 Å². The Labute approximate surface area is 142 Å². The first-order valence-corrected chi connectivity index (χ1v) is 8.77. The summed E-state index contributed by atoms with van der Waals surface area (Å²) in [5.41, 5.74) is 0. The lowest BCUT2D eigenvalue weighted by atomic mass is 9.96. The number of piperidine rings is 1. The summed E-state index contributed by atoms with van der Waals surface area (Å²) in [5.74, 6) is 1.04. The third kappa shape index (κ3) is 3.66. The van der Waals surface area contributed by atoms with E-state index in [1.54, 1.807) is 23.4 Å². The second-order valence-electron chi connectivity index (χ2n) is 6.38. The highest BCUT2D eigenvalue weighted by Gasteiger charge is 2.32. The lowest BCUT2D eigenvalue weighted by Crippen LogP contribution is -2.47. The van der Waals surface area contributed by atoms with Gasteiger partial charge in [-0.2, -0.15) is 0 Å². The quantitative estimate of drug-likeness (QED) is 0.818. The summed E-state index contributed by atoms with van der Waals surface area (Å²) < 4.78 is 0. The molecule has 0 unspecified atom stereocenters. The molecule has 0 bridgehead atoms. The average Bonchev–Trinajstić information content (AvgIpc) is 2.88. The van der Waals surface area contributed by atoms with Crippen LogP contribution >= 0.6 is 0 Å². The Bertz CT molecular complexity index is 580. The number of rotatable bonds is 3. The number of carbonyl (C=O) groups excluding carboxylic acids is 2. The minimum Gasteiger partial charge on any atom is -0.342 e. The molecular weight excluding hydrogens is 306 g/mol. The first kappa shape index (κ1) is 16.7. The van der Waals surface area contributed by atoms with E-state index in [1.807, 2.05) is 11.8 Å². The summed E-state index contributed by atoms with van der Waals surface area (Å²) in [6.45, 7) is 6.27. The van der Waals surface area contributed by atoms with Gasteiger partial charge in [-0.05, 0) is 25.8 Å². The van der Waals surface area contributed by atoms with Gasteiger partial charge in [0.15, 0.2) is 0 Å². The van der Waals surface area contributed by atoms with E-state index in [0.29, 0.717) is 32.5 Å². The minimum atomic E-state index is -0.0535. The zero-order chi connectivity index (χ0) is 16.9. The molecule has 1 atom stereocenters. The lowest BCUT2D eigenvalue weighted by molar-refractivity contribution is -0.142. The smallest absolute Gasteiger partial charge is 0.227 e. The molecule has 3 heterocycles. The van der Waals surface area contributed by atoms with E-state index in [1.165, 1.54) is 0 Å². The fourth-order valence-corrected chi connectivity index (χ4v) is 3.47. The van der Waals surface area contributed by atoms with Gasteiger partial charge < -0.3 is 14.7 Å². The third-order valence-corrected chi connectivity index (χ3v) is 4.87. The van der Waals surface area contributed by atoms with Gasteiger partial charge in [0.25, 0.3) is 0 Å². The van der Waals surface area contributed by atoms with Gasteiger partial charge in [-0.15, -0.1) is 0 Å². The van der Waals surface area contributed by atoms with Crippen LogP contribution in [0.1, 0.15) is 26.2 Å². The Morgan fingerprint density at radius 3 is 2.75 bits per heavy atom. The maximum absolute atomic E-state index is 12.9. The van der Waals surface area contributed by atoms with Crippen LogP contribution in [0.15, 0.2) is 18.5 Å². The van der Waals surface area contributed by atoms with Crippen molar-refractivity contribution in [2.75, 3.05) is 44.2 Å². The SMILES string of the molecule is CCN1C[C@@H](C(=O)N2CCCN(c3ncccn3)CC2)CCC1=O. The number of likely N-dealkylation sites (tertiary alicyclic amines) is 1. The van der Waals surface area contributed by atoms with Gasteiger partial charge in [-0.1, -0.05) is 0 Å². The van der Waals surface area contributed by atoms with Crippen molar-refractivity contribution in [3.8, 4) is 0 Å². The normalized spacial score (nSPS) is 22.5. The molecule has 2 amide bonds. The van der Waals surface area contributed by atoms with Crippen molar-refractivity contribution < 1.29 is 9.59 Å². The van der Waals surface area contributed by atoms with Crippen LogP contribution in [0.25, 0.3) is 0 Å². The Hall–Kier alpha value is -2.18. The van der Waals surface area contributed by atoms with E-state index in [4.69, 9.17) is 0 Å². The molecular formula is C17H25N5O2. The van der Waals surface area contributed by atoms with Gasteiger partial charge in [0.05, 0.1) is 5.92 Å². The summed E-state index contributed by atoms with van der Waals surface area (Å²) in [6, 6.07) is 1.81. The molecule has 2 saturated heterocycles. The van der Waals surface area contributed by atoms with Gasteiger partial charge in [-0.25, -0.2) is 9.97 Å². The molecule has 2 aliphatic heterocycles. The van der Waals surface area contributed by atoms with E-state index in [-0.39, 0.29) is 17.7 Å². The molecule has 0 aromatic carbocycles. The highest BCUT2D eigenvalue weighted by Crippen LogP contribution is 2.21. The second kappa shape index (κ2) is 7.59. The van der Waals surface area contributed by atoms with Crippen molar-refractivity contribution >= 4 is 17.8 Å². The number of amides is 2. The van der Waals surface area contributed by atoms with Gasteiger partial charge in [0.1, 0.15) is 0 Å². The molecule has 0 aliphatic carbocycles. The van der Waals surface area contributed by atoms with Crippen LogP contribution < -0.4 is 4.90 Å². The fourth-order valence-electron chi connectivity index (χ4n) is 3.47. The summed E-state index contributed by atoms with van der Waals surface area (Å²) in [5, 5.41) is 0. The molecule has 0 radical (unpaired) electrons. The Morgan fingerprint density at radius 2 is 2.00 bits per heavy atom. The Balaban J connectivity index is 1.59. The summed E-state index contributed by atoms with van der Waals surface area (Å²) in [6.07, 6.45) is 5.56. The number of hydrogen-bond acceptors (Lipinski definition) is 5. The lowest BCUT2D eigenvalue weighted by Gasteiger charge is -2.34. The van der Waals surface area contributed by atoms with E-state index in [9.17, 15) is 9.59 Å².